The van der Waals surface area contributed by atoms with Gasteiger partial charge in [-0.2, -0.15) is 0 Å². The predicted molar refractivity (Wildman–Crippen MR) is 93.4 cm³/mol. The Kier molecular flexibility index (Phi) is 4.78. The number of hydrogen-bond acceptors (Lipinski definition) is 4. The van der Waals surface area contributed by atoms with Gasteiger partial charge in [0.25, 0.3) is 0 Å². The minimum atomic E-state index is -0.573. The zero-order chi connectivity index (χ0) is 17.3. The Hall–Kier alpha value is -2.05. The number of nitrogens with zero attached hydrogens (tertiary/aromatic N) is 2. The number of carbonyl (C=O) groups is 1. The Bertz CT molecular complexity index is 787. The van der Waals surface area contributed by atoms with Crippen LogP contribution in [0.3, 0.4) is 0 Å². The van der Waals surface area contributed by atoms with Crippen LogP contribution >= 0.6 is 23.2 Å². The van der Waals surface area contributed by atoms with E-state index in [9.17, 15) is 9.18 Å². The Labute approximate surface area is 148 Å². The number of amides is 1. The van der Waals surface area contributed by atoms with Crippen LogP contribution in [0.4, 0.5) is 15.9 Å². The summed E-state index contributed by atoms with van der Waals surface area (Å²) in [5.41, 5.74) is 6.33. The number of hydrogen-bond donors (Lipinski definition) is 2. The zero-order valence-corrected chi connectivity index (χ0v) is 14.1. The standard InChI is InChI=1S/C16H15Cl2FN4O/c17-12-6-11(1-2-14(12)19)23-4-3-10(8-23)22-16-13(18)5-9(7-21-16)15(20)24/h1-2,5-7,10H,3-4,8H2,(H2,20,24)(H,21,22). The lowest BCUT2D eigenvalue weighted by atomic mass is 10.2. The largest absolute Gasteiger partial charge is 0.369 e. The Morgan fingerprint density at radius 2 is 2.12 bits per heavy atom. The molecule has 1 aromatic carbocycles. The number of aromatic nitrogens is 1. The number of benzene rings is 1. The maximum absolute atomic E-state index is 13.3. The number of nitrogens with one attached hydrogen (secondary N) is 1. The first kappa shape index (κ1) is 16.8. The lowest BCUT2D eigenvalue weighted by molar-refractivity contribution is 0.1000. The maximum atomic E-state index is 13.3. The van der Waals surface area contributed by atoms with Crippen molar-refractivity contribution in [2.75, 3.05) is 23.3 Å². The molecule has 3 N–H and O–H groups in total. The molecular weight excluding hydrogens is 354 g/mol. The van der Waals surface area contributed by atoms with Gasteiger partial charge < -0.3 is 16.0 Å². The van der Waals surface area contributed by atoms with Crippen LogP contribution in [0.1, 0.15) is 16.8 Å². The van der Waals surface area contributed by atoms with Gasteiger partial charge in [-0.15, -0.1) is 0 Å². The normalized spacial score (nSPS) is 17.1. The molecule has 0 radical (unpaired) electrons. The van der Waals surface area contributed by atoms with E-state index in [-0.39, 0.29) is 16.6 Å². The van der Waals surface area contributed by atoms with E-state index < -0.39 is 11.7 Å². The molecule has 2 aromatic rings. The molecule has 1 aromatic heterocycles. The van der Waals surface area contributed by atoms with Crippen LogP contribution in [-0.4, -0.2) is 30.0 Å². The van der Waals surface area contributed by atoms with Gasteiger partial charge >= 0.3 is 0 Å². The third kappa shape index (κ3) is 3.55. The van der Waals surface area contributed by atoms with Crippen molar-refractivity contribution >= 4 is 40.6 Å². The summed E-state index contributed by atoms with van der Waals surface area (Å²) in [5.74, 6) is -0.498. The molecule has 8 heteroatoms. The molecule has 0 bridgehead atoms. The molecule has 1 aliphatic rings. The molecule has 0 aliphatic carbocycles. The van der Waals surface area contributed by atoms with E-state index in [1.54, 1.807) is 12.1 Å². The van der Waals surface area contributed by atoms with Crippen molar-refractivity contribution in [2.24, 2.45) is 5.73 Å². The fraction of sp³-hybridized carbons (Fsp3) is 0.250. The molecule has 24 heavy (non-hydrogen) atoms. The first-order chi connectivity index (χ1) is 11.4. The van der Waals surface area contributed by atoms with Crippen molar-refractivity contribution in [3.05, 3.63) is 51.9 Å². The van der Waals surface area contributed by atoms with Crippen LogP contribution in [-0.2, 0) is 0 Å². The van der Waals surface area contributed by atoms with Crippen LogP contribution < -0.4 is 16.0 Å². The van der Waals surface area contributed by atoms with Crippen LogP contribution in [0.5, 0.6) is 0 Å². The van der Waals surface area contributed by atoms with E-state index >= 15 is 0 Å². The third-order valence-electron chi connectivity index (χ3n) is 3.92. The van der Waals surface area contributed by atoms with E-state index in [1.807, 2.05) is 0 Å². The number of carbonyl (C=O) groups excluding carboxylic acids is 1. The first-order valence-corrected chi connectivity index (χ1v) is 8.11. The van der Waals surface area contributed by atoms with Crippen molar-refractivity contribution < 1.29 is 9.18 Å². The highest BCUT2D eigenvalue weighted by Gasteiger charge is 2.24. The second-order valence-corrected chi connectivity index (χ2v) is 6.41. The van der Waals surface area contributed by atoms with Gasteiger partial charge in [-0.3, -0.25) is 4.79 Å². The monoisotopic (exact) mass is 368 g/mol. The van der Waals surface area contributed by atoms with Crippen molar-refractivity contribution in [1.29, 1.82) is 0 Å². The highest BCUT2D eigenvalue weighted by molar-refractivity contribution is 6.33. The Balaban J connectivity index is 1.68. The summed E-state index contributed by atoms with van der Waals surface area (Å²) in [6, 6.07) is 6.30. The summed E-state index contributed by atoms with van der Waals surface area (Å²) in [4.78, 5) is 17.4. The van der Waals surface area contributed by atoms with Gasteiger partial charge in [-0.25, -0.2) is 9.37 Å². The minimum absolute atomic E-state index is 0.107. The third-order valence-corrected chi connectivity index (χ3v) is 4.50. The van der Waals surface area contributed by atoms with Crippen LogP contribution in [0, 0.1) is 5.82 Å². The summed E-state index contributed by atoms with van der Waals surface area (Å²) in [5, 5.41) is 3.71. The van der Waals surface area contributed by atoms with E-state index in [1.165, 1.54) is 18.3 Å². The smallest absolute Gasteiger partial charge is 0.250 e. The van der Waals surface area contributed by atoms with Crippen LogP contribution in [0.2, 0.25) is 10.0 Å². The van der Waals surface area contributed by atoms with E-state index in [4.69, 9.17) is 28.9 Å². The SMILES string of the molecule is NC(=O)c1cnc(NC2CCN(c3ccc(F)c(Cl)c3)C2)c(Cl)c1. The summed E-state index contributed by atoms with van der Waals surface area (Å²) in [6.45, 7) is 1.51. The van der Waals surface area contributed by atoms with Gasteiger partial charge in [0.15, 0.2) is 0 Å². The molecule has 3 rings (SSSR count). The van der Waals surface area contributed by atoms with Gasteiger partial charge in [0.2, 0.25) is 5.91 Å². The number of anilines is 2. The highest BCUT2D eigenvalue weighted by atomic mass is 35.5. The summed E-state index contributed by atoms with van der Waals surface area (Å²) < 4.78 is 13.3. The molecule has 1 saturated heterocycles. The number of nitrogens with two attached hydrogens (primary N) is 1. The van der Waals surface area contributed by atoms with Crippen molar-refractivity contribution in [1.82, 2.24) is 4.98 Å². The topological polar surface area (TPSA) is 71.2 Å². The summed E-state index contributed by atoms with van der Waals surface area (Å²) in [7, 11) is 0. The maximum Gasteiger partial charge on any atom is 0.250 e. The van der Waals surface area contributed by atoms with E-state index in [0.29, 0.717) is 17.4 Å². The summed E-state index contributed by atoms with van der Waals surface area (Å²) in [6.07, 6.45) is 2.26. The van der Waals surface area contributed by atoms with Crippen molar-refractivity contribution in [2.45, 2.75) is 12.5 Å². The van der Waals surface area contributed by atoms with Gasteiger partial charge in [-0.1, -0.05) is 23.2 Å². The molecule has 1 unspecified atom stereocenters. The lowest BCUT2D eigenvalue weighted by Gasteiger charge is -2.20. The molecule has 0 saturated carbocycles. The first-order valence-electron chi connectivity index (χ1n) is 7.36. The second-order valence-electron chi connectivity index (χ2n) is 5.59. The van der Waals surface area contributed by atoms with Crippen LogP contribution in [0.25, 0.3) is 0 Å². The fourth-order valence-electron chi connectivity index (χ4n) is 2.67. The molecule has 0 spiro atoms. The van der Waals surface area contributed by atoms with E-state index in [0.717, 1.165) is 18.7 Å². The number of rotatable bonds is 4. The van der Waals surface area contributed by atoms with Gasteiger partial charge in [0.05, 0.1) is 15.6 Å². The van der Waals surface area contributed by atoms with Crippen LogP contribution in [0.15, 0.2) is 30.5 Å². The van der Waals surface area contributed by atoms with Gasteiger partial charge in [0, 0.05) is 31.0 Å². The summed E-state index contributed by atoms with van der Waals surface area (Å²) >= 11 is 12.0. The predicted octanol–water partition coefficient (Wildman–Crippen LogP) is 3.32. The fourth-order valence-corrected chi connectivity index (χ4v) is 3.06. The molecule has 1 aliphatic heterocycles. The lowest BCUT2D eigenvalue weighted by Crippen LogP contribution is -2.26. The minimum Gasteiger partial charge on any atom is -0.369 e. The van der Waals surface area contributed by atoms with Gasteiger partial charge in [0.1, 0.15) is 11.6 Å². The molecule has 1 amide bonds. The quantitative estimate of drug-likeness (QED) is 0.868. The zero-order valence-electron chi connectivity index (χ0n) is 12.6. The molecule has 2 heterocycles. The molecule has 5 nitrogen and oxygen atoms in total. The van der Waals surface area contributed by atoms with Crippen molar-refractivity contribution in [3.63, 3.8) is 0 Å². The molecule has 126 valence electrons. The van der Waals surface area contributed by atoms with E-state index in [2.05, 4.69) is 15.2 Å². The molecular formula is C16H15Cl2FN4O. The Morgan fingerprint density at radius 1 is 1.33 bits per heavy atom. The number of halogens is 3. The van der Waals surface area contributed by atoms with Crippen molar-refractivity contribution in [3.8, 4) is 0 Å². The number of pyridine rings is 1. The average Bonchev–Trinajstić information content (AvgIpc) is 3.00. The average molecular weight is 369 g/mol. The highest BCUT2D eigenvalue weighted by Crippen LogP contribution is 2.28. The van der Waals surface area contributed by atoms with Gasteiger partial charge in [-0.05, 0) is 30.7 Å². The Morgan fingerprint density at radius 3 is 2.79 bits per heavy atom. The molecule has 1 atom stereocenters. The second kappa shape index (κ2) is 6.83. The number of primary amides is 1. The molecule has 1 fully saturated rings.